The van der Waals surface area contributed by atoms with E-state index in [0.29, 0.717) is 13.2 Å². The highest BCUT2D eigenvalue weighted by Crippen LogP contribution is 2.29. The van der Waals surface area contributed by atoms with Gasteiger partial charge in [-0.25, -0.2) is 0 Å². The van der Waals surface area contributed by atoms with Crippen molar-refractivity contribution < 1.29 is 19.7 Å². The van der Waals surface area contributed by atoms with Crippen molar-refractivity contribution >= 4 is 9.24 Å². The fourth-order valence-electron chi connectivity index (χ4n) is 2.43. The third-order valence-corrected chi connectivity index (χ3v) is 4.55. The lowest BCUT2D eigenvalue weighted by molar-refractivity contribution is -0.178. The minimum absolute atomic E-state index is 0.283. The summed E-state index contributed by atoms with van der Waals surface area (Å²) >= 11 is 0. The summed E-state index contributed by atoms with van der Waals surface area (Å²) in [5.41, 5.74) is -0.539. The van der Waals surface area contributed by atoms with Crippen LogP contribution >= 0.6 is 9.24 Å². The van der Waals surface area contributed by atoms with Crippen LogP contribution in [0.15, 0.2) is 0 Å². The molecule has 140 valence electrons. The van der Waals surface area contributed by atoms with Crippen LogP contribution in [-0.2, 0) is 9.47 Å². The van der Waals surface area contributed by atoms with Gasteiger partial charge in [-0.3, -0.25) is 0 Å². The molecule has 0 fully saturated rings. The Balaban J connectivity index is 3.93. The maximum atomic E-state index is 8.78. The first-order valence-electron chi connectivity index (χ1n) is 9.47. The molecular weight excluding hydrogens is 311 g/mol. The Morgan fingerprint density at radius 1 is 0.696 bits per heavy atom. The smallest absolute Gasteiger partial charge is 0.180 e. The molecule has 0 aromatic carbocycles. The Labute approximate surface area is 145 Å². The molecule has 0 radical (unpaired) electrons. The van der Waals surface area contributed by atoms with Gasteiger partial charge in [0.2, 0.25) is 0 Å². The molecule has 0 aliphatic heterocycles. The molecule has 0 aliphatic carbocycles. The lowest BCUT2D eigenvalue weighted by Crippen LogP contribution is -2.30. The molecule has 1 unspecified atom stereocenters. The molecule has 0 aromatic heterocycles. The van der Waals surface area contributed by atoms with Crippen LogP contribution in [0, 0.1) is 0 Å². The third-order valence-electron chi connectivity index (χ3n) is 3.93. The fraction of sp³-hybridized carbons (Fsp3) is 1.00. The maximum absolute atomic E-state index is 8.78. The molecule has 0 aromatic rings. The van der Waals surface area contributed by atoms with Crippen LogP contribution in [0.1, 0.15) is 84.0 Å². The average Bonchev–Trinajstić information content (AvgIpc) is 2.54. The first-order valence-corrected chi connectivity index (χ1v) is 10.0. The Morgan fingerprint density at radius 3 is 1.61 bits per heavy atom. The normalized spacial score (nSPS) is 12.0. The summed E-state index contributed by atoms with van der Waals surface area (Å²) in [5.74, 6) is 0. The van der Waals surface area contributed by atoms with Crippen LogP contribution in [0.3, 0.4) is 0 Å². The number of unbranched alkanes of at least 4 members (excludes halogenated alkanes) is 8. The fourth-order valence-corrected chi connectivity index (χ4v) is 2.87. The highest BCUT2D eigenvalue weighted by Gasteiger charge is 2.25. The summed E-state index contributed by atoms with van der Waals surface area (Å²) in [6, 6.07) is 0. The van der Waals surface area contributed by atoms with Gasteiger partial charge in [0.05, 0.1) is 13.2 Å². The number of aliphatic hydroxyl groups is 2. The second kappa shape index (κ2) is 17.1. The summed E-state index contributed by atoms with van der Waals surface area (Å²) in [4.78, 5) is 0. The van der Waals surface area contributed by atoms with Gasteiger partial charge in [-0.2, -0.15) is 0 Å². The molecule has 0 rings (SSSR count). The zero-order valence-electron chi connectivity index (χ0n) is 15.1. The molecule has 23 heavy (non-hydrogen) atoms. The van der Waals surface area contributed by atoms with Crippen LogP contribution in [0.25, 0.3) is 0 Å². The van der Waals surface area contributed by atoms with E-state index in [-0.39, 0.29) is 13.2 Å². The van der Waals surface area contributed by atoms with Crippen molar-refractivity contribution in [1.29, 1.82) is 0 Å². The molecule has 0 saturated heterocycles. The van der Waals surface area contributed by atoms with Gasteiger partial charge in [0.25, 0.3) is 0 Å². The Bertz CT molecular complexity index is 223. The maximum Gasteiger partial charge on any atom is 0.180 e. The lowest BCUT2D eigenvalue weighted by atomic mass is 10.2. The van der Waals surface area contributed by atoms with Gasteiger partial charge in [-0.05, 0) is 32.1 Å². The molecule has 5 heteroatoms. The monoisotopic (exact) mass is 350 g/mol. The van der Waals surface area contributed by atoms with E-state index >= 15 is 0 Å². The topological polar surface area (TPSA) is 58.9 Å². The SMILES string of the molecule is CCCCCC(P)(OCCCCCCO)OCCCCCCO. The van der Waals surface area contributed by atoms with E-state index in [2.05, 4.69) is 16.2 Å². The number of ether oxygens (including phenoxy) is 2. The van der Waals surface area contributed by atoms with Crippen LogP contribution in [0.4, 0.5) is 0 Å². The Hall–Kier alpha value is 0.270. The summed E-state index contributed by atoms with van der Waals surface area (Å²) in [6.07, 6.45) is 12.5. The Kier molecular flexibility index (Phi) is 17.3. The minimum atomic E-state index is -0.539. The quantitative estimate of drug-likeness (QED) is 0.221. The van der Waals surface area contributed by atoms with Crippen molar-refractivity contribution in [3.63, 3.8) is 0 Å². The molecule has 1 atom stereocenters. The summed E-state index contributed by atoms with van der Waals surface area (Å²) in [7, 11) is 2.78. The average molecular weight is 350 g/mol. The van der Waals surface area contributed by atoms with Gasteiger partial charge in [-0.1, -0.05) is 54.7 Å². The van der Waals surface area contributed by atoms with Crippen molar-refractivity contribution in [3.05, 3.63) is 0 Å². The van der Waals surface area contributed by atoms with E-state index in [1.165, 1.54) is 12.8 Å². The predicted molar refractivity (Wildman–Crippen MR) is 99.6 cm³/mol. The number of hydrogen-bond donors (Lipinski definition) is 2. The van der Waals surface area contributed by atoms with Crippen LogP contribution in [0.2, 0.25) is 0 Å². The van der Waals surface area contributed by atoms with Gasteiger partial charge < -0.3 is 19.7 Å². The first kappa shape index (κ1) is 23.3. The molecule has 0 amide bonds. The Morgan fingerprint density at radius 2 is 1.17 bits per heavy atom. The minimum Gasteiger partial charge on any atom is -0.396 e. The molecule has 4 nitrogen and oxygen atoms in total. The number of aliphatic hydroxyl groups excluding tert-OH is 2. The lowest BCUT2D eigenvalue weighted by Gasteiger charge is -2.30. The highest BCUT2D eigenvalue weighted by molar-refractivity contribution is 7.18. The van der Waals surface area contributed by atoms with E-state index < -0.39 is 5.53 Å². The van der Waals surface area contributed by atoms with Gasteiger partial charge in [0, 0.05) is 19.6 Å². The van der Waals surface area contributed by atoms with Crippen molar-refractivity contribution in [2.75, 3.05) is 26.4 Å². The van der Waals surface area contributed by atoms with Crippen molar-refractivity contribution in [2.24, 2.45) is 0 Å². The largest absolute Gasteiger partial charge is 0.396 e. The zero-order chi connectivity index (χ0) is 17.2. The number of rotatable bonds is 18. The molecule has 0 aliphatic rings. The van der Waals surface area contributed by atoms with Gasteiger partial charge in [-0.15, -0.1) is 0 Å². The van der Waals surface area contributed by atoms with E-state index in [0.717, 1.165) is 64.2 Å². The van der Waals surface area contributed by atoms with Gasteiger partial charge in [0.1, 0.15) is 0 Å². The van der Waals surface area contributed by atoms with Crippen LogP contribution in [-0.4, -0.2) is 42.2 Å². The van der Waals surface area contributed by atoms with E-state index in [4.69, 9.17) is 19.7 Å². The van der Waals surface area contributed by atoms with Gasteiger partial charge >= 0.3 is 0 Å². The van der Waals surface area contributed by atoms with Crippen molar-refractivity contribution in [3.8, 4) is 0 Å². The molecule has 0 saturated carbocycles. The van der Waals surface area contributed by atoms with E-state index in [1.807, 2.05) is 0 Å². The summed E-state index contributed by atoms with van der Waals surface area (Å²) < 4.78 is 12.0. The zero-order valence-corrected chi connectivity index (χ0v) is 16.3. The molecule has 0 spiro atoms. The van der Waals surface area contributed by atoms with E-state index in [9.17, 15) is 0 Å². The third kappa shape index (κ3) is 15.5. The van der Waals surface area contributed by atoms with E-state index in [1.54, 1.807) is 0 Å². The summed E-state index contributed by atoms with van der Waals surface area (Å²) in [6.45, 7) is 4.20. The molecule has 0 heterocycles. The highest BCUT2D eigenvalue weighted by atomic mass is 31.0. The summed E-state index contributed by atoms with van der Waals surface area (Å²) in [5, 5.41) is 17.6. The van der Waals surface area contributed by atoms with Crippen molar-refractivity contribution in [1.82, 2.24) is 0 Å². The molecule has 2 N–H and O–H groups in total. The van der Waals surface area contributed by atoms with Crippen molar-refractivity contribution in [2.45, 2.75) is 89.5 Å². The van der Waals surface area contributed by atoms with Gasteiger partial charge in [0.15, 0.2) is 5.53 Å². The second-order valence-electron chi connectivity index (χ2n) is 6.24. The number of hydrogen-bond acceptors (Lipinski definition) is 4. The standard InChI is InChI=1S/C18H39O4P/c1-2-3-8-13-18(23,21-16-11-6-4-9-14-19)22-17-12-7-5-10-15-20/h19-20H,2-17,23H2,1H3. The first-order chi connectivity index (χ1) is 11.2. The molecular formula is C18H39O4P. The molecule has 0 bridgehead atoms. The van der Waals surface area contributed by atoms with Crippen LogP contribution in [0.5, 0.6) is 0 Å². The predicted octanol–water partition coefficient (Wildman–Crippen LogP) is 4.23. The second-order valence-corrected chi connectivity index (χ2v) is 7.12. The van der Waals surface area contributed by atoms with Crippen LogP contribution < -0.4 is 0 Å².